The molecule has 1 rings (SSSR count). The molecule has 1 aliphatic heterocycles. The van der Waals surface area contributed by atoms with E-state index in [0.29, 0.717) is 26.1 Å². The van der Waals surface area contributed by atoms with Gasteiger partial charge in [-0.05, 0) is 26.8 Å². The zero-order valence-corrected chi connectivity index (χ0v) is 13.6. The maximum atomic E-state index is 12.4. The largest absolute Gasteiger partial charge is 0.338 e. The maximum Gasteiger partial charge on any atom is 0.237 e. The van der Waals surface area contributed by atoms with E-state index in [9.17, 15) is 13.2 Å². The summed E-state index contributed by atoms with van der Waals surface area (Å²) in [5.74, 6) is 0.321. The zero-order valence-electron chi connectivity index (χ0n) is 12.8. The molecule has 0 radical (unpaired) electrons. The van der Waals surface area contributed by atoms with Crippen LogP contribution in [-0.2, 0) is 14.6 Å². The van der Waals surface area contributed by atoms with Gasteiger partial charge in [0.2, 0.25) is 5.91 Å². The van der Waals surface area contributed by atoms with Gasteiger partial charge in [0.25, 0.3) is 0 Å². The third-order valence-corrected chi connectivity index (χ3v) is 5.36. The van der Waals surface area contributed by atoms with E-state index in [-0.39, 0.29) is 23.5 Å². The molecular formula is C14H26N2O3S. The summed E-state index contributed by atoms with van der Waals surface area (Å²) >= 11 is 0. The Morgan fingerprint density at radius 2 is 1.90 bits per heavy atom. The predicted octanol–water partition coefficient (Wildman–Crippen LogP) is 0.920. The van der Waals surface area contributed by atoms with E-state index in [1.54, 1.807) is 4.90 Å². The molecule has 0 aliphatic carbocycles. The number of hydrogen-bond acceptors (Lipinski definition) is 4. The molecule has 1 heterocycles. The van der Waals surface area contributed by atoms with Crippen LogP contribution in [0.5, 0.6) is 0 Å². The number of amides is 1. The second-order valence-electron chi connectivity index (χ2n) is 5.50. The molecule has 1 unspecified atom stereocenters. The first-order valence-electron chi connectivity index (χ1n) is 7.15. The standard InChI is InChI=1S/C14H26N2O3S/c1-5-15(9-12(3)4)10-14(17)16(6-2)13-7-8-20(18,19)11-13/h13H,3,5-11H2,1-2,4H3. The van der Waals surface area contributed by atoms with E-state index in [4.69, 9.17) is 0 Å². The fraction of sp³-hybridized carbons (Fsp3) is 0.786. The van der Waals surface area contributed by atoms with E-state index < -0.39 is 9.84 Å². The van der Waals surface area contributed by atoms with E-state index in [2.05, 4.69) is 6.58 Å². The lowest BCUT2D eigenvalue weighted by atomic mass is 10.2. The Morgan fingerprint density at radius 3 is 2.30 bits per heavy atom. The lowest BCUT2D eigenvalue weighted by molar-refractivity contribution is -0.133. The second-order valence-corrected chi connectivity index (χ2v) is 7.73. The lowest BCUT2D eigenvalue weighted by Crippen LogP contribution is -2.46. The van der Waals surface area contributed by atoms with E-state index in [1.807, 2.05) is 25.7 Å². The molecule has 1 saturated heterocycles. The van der Waals surface area contributed by atoms with Gasteiger partial charge in [0.05, 0.1) is 18.1 Å². The van der Waals surface area contributed by atoms with Crippen LogP contribution in [0.15, 0.2) is 12.2 Å². The molecule has 20 heavy (non-hydrogen) atoms. The van der Waals surface area contributed by atoms with Crippen molar-refractivity contribution in [2.75, 3.05) is 37.7 Å². The highest BCUT2D eigenvalue weighted by Crippen LogP contribution is 2.18. The Balaban J connectivity index is 2.65. The van der Waals surface area contributed by atoms with Crippen molar-refractivity contribution in [3.05, 3.63) is 12.2 Å². The minimum atomic E-state index is -2.96. The van der Waals surface area contributed by atoms with Gasteiger partial charge in [-0.1, -0.05) is 19.1 Å². The van der Waals surface area contributed by atoms with Gasteiger partial charge in [0.15, 0.2) is 9.84 Å². The van der Waals surface area contributed by atoms with Crippen molar-refractivity contribution in [2.24, 2.45) is 0 Å². The van der Waals surface area contributed by atoms with Crippen LogP contribution in [0.3, 0.4) is 0 Å². The fourth-order valence-corrected chi connectivity index (χ4v) is 4.33. The normalized spacial score (nSPS) is 21.1. The van der Waals surface area contributed by atoms with Gasteiger partial charge >= 0.3 is 0 Å². The van der Waals surface area contributed by atoms with Crippen LogP contribution in [0, 0.1) is 0 Å². The maximum absolute atomic E-state index is 12.4. The van der Waals surface area contributed by atoms with Gasteiger partial charge in [-0.15, -0.1) is 0 Å². The van der Waals surface area contributed by atoms with Gasteiger partial charge in [-0.25, -0.2) is 8.42 Å². The highest BCUT2D eigenvalue weighted by Gasteiger charge is 2.34. The molecule has 0 N–H and O–H groups in total. The number of nitrogens with zero attached hydrogens (tertiary/aromatic N) is 2. The fourth-order valence-electron chi connectivity index (χ4n) is 2.60. The van der Waals surface area contributed by atoms with Gasteiger partial charge in [-0.2, -0.15) is 0 Å². The van der Waals surface area contributed by atoms with E-state index in [1.165, 1.54) is 0 Å². The van der Waals surface area contributed by atoms with Crippen molar-refractivity contribution in [3.8, 4) is 0 Å². The Morgan fingerprint density at radius 1 is 1.25 bits per heavy atom. The Kier molecular flexibility index (Phi) is 6.20. The molecule has 1 atom stereocenters. The van der Waals surface area contributed by atoms with Crippen LogP contribution < -0.4 is 0 Å². The van der Waals surface area contributed by atoms with Crippen molar-refractivity contribution in [3.63, 3.8) is 0 Å². The molecule has 0 saturated carbocycles. The van der Waals surface area contributed by atoms with E-state index >= 15 is 0 Å². The molecule has 0 aromatic rings. The van der Waals surface area contributed by atoms with E-state index in [0.717, 1.165) is 12.1 Å². The minimum Gasteiger partial charge on any atom is -0.338 e. The second kappa shape index (κ2) is 7.22. The molecule has 1 amide bonds. The molecule has 5 nitrogen and oxygen atoms in total. The first-order chi connectivity index (χ1) is 9.29. The molecule has 0 spiro atoms. The third kappa shape index (κ3) is 4.90. The Labute approximate surface area is 122 Å². The number of sulfone groups is 1. The van der Waals surface area contributed by atoms with Crippen molar-refractivity contribution in [2.45, 2.75) is 33.2 Å². The molecule has 1 aliphatic rings. The zero-order chi connectivity index (χ0) is 15.3. The SMILES string of the molecule is C=C(C)CN(CC)CC(=O)N(CC)C1CCS(=O)(=O)C1. The van der Waals surface area contributed by atoms with Gasteiger partial charge < -0.3 is 4.90 Å². The summed E-state index contributed by atoms with van der Waals surface area (Å²) in [5.41, 5.74) is 1.02. The number of carbonyl (C=O) groups excluding carboxylic acids is 1. The summed E-state index contributed by atoms with van der Waals surface area (Å²) in [6, 6.07) is -0.152. The first kappa shape index (κ1) is 17.2. The summed E-state index contributed by atoms with van der Waals surface area (Å²) in [7, 11) is -2.96. The van der Waals surface area contributed by atoms with Crippen molar-refractivity contribution in [1.82, 2.24) is 9.80 Å². The molecule has 6 heteroatoms. The number of likely N-dealkylation sites (N-methyl/N-ethyl adjacent to an activating group) is 2. The van der Waals surface area contributed by atoms with Crippen molar-refractivity contribution >= 4 is 15.7 Å². The highest BCUT2D eigenvalue weighted by molar-refractivity contribution is 7.91. The smallest absolute Gasteiger partial charge is 0.237 e. The van der Waals surface area contributed by atoms with Crippen molar-refractivity contribution < 1.29 is 13.2 Å². The van der Waals surface area contributed by atoms with Crippen LogP contribution in [0.4, 0.5) is 0 Å². The summed E-state index contributed by atoms with van der Waals surface area (Å²) in [6.45, 7) is 12.1. The van der Waals surface area contributed by atoms with Gasteiger partial charge in [0, 0.05) is 19.1 Å². The molecule has 116 valence electrons. The molecule has 0 bridgehead atoms. The summed E-state index contributed by atoms with van der Waals surface area (Å²) in [4.78, 5) is 16.1. The minimum absolute atomic E-state index is 0.0118. The highest BCUT2D eigenvalue weighted by atomic mass is 32.2. The Bertz CT molecular complexity index is 459. The summed E-state index contributed by atoms with van der Waals surface area (Å²) in [6.07, 6.45) is 0.564. The summed E-state index contributed by atoms with van der Waals surface area (Å²) in [5, 5.41) is 0. The van der Waals surface area contributed by atoms with Crippen LogP contribution in [0.25, 0.3) is 0 Å². The molecular weight excluding hydrogens is 276 g/mol. The van der Waals surface area contributed by atoms with Gasteiger partial charge in [0.1, 0.15) is 0 Å². The molecule has 0 aromatic carbocycles. The van der Waals surface area contributed by atoms with Crippen LogP contribution in [0.2, 0.25) is 0 Å². The average molecular weight is 302 g/mol. The molecule has 0 aromatic heterocycles. The van der Waals surface area contributed by atoms with Crippen LogP contribution >= 0.6 is 0 Å². The van der Waals surface area contributed by atoms with Crippen molar-refractivity contribution in [1.29, 1.82) is 0 Å². The molecule has 1 fully saturated rings. The quantitative estimate of drug-likeness (QED) is 0.656. The monoisotopic (exact) mass is 302 g/mol. The predicted molar refractivity (Wildman–Crippen MR) is 81.4 cm³/mol. The number of hydrogen-bond donors (Lipinski definition) is 0. The first-order valence-corrected chi connectivity index (χ1v) is 8.97. The average Bonchev–Trinajstić information content (AvgIpc) is 2.69. The van der Waals surface area contributed by atoms with Crippen LogP contribution in [-0.4, -0.2) is 67.9 Å². The number of carbonyl (C=O) groups is 1. The lowest BCUT2D eigenvalue weighted by Gasteiger charge is -2.30. The Hall–Kier alpha value is -0.880. The van der Waals surface area contributed by atoms with Gasteiger partial charge in [-0.3, -0.25) is 9.69 Å². The number of rotatable bonds is 7. The third-order valence-electron chi connectivity index (χ3n) is 3.61. The van der Waals surface area contributed by atoms with Crippen LogP contribution in [0.1, 0.15) is 27.2 Å². The summed E-state index contributed by atoms with van der Waals surface area (Å²) < 4.78 is 23.1. The topological polar surface area (TPSA) is 57.7 Å².